The first-order chi connectivity index (χ1) is 9.33. The summed E-state index contributed by atoms with van der Waals surface area (Å²) in [7, 11) is 0.530. The van der Waals surface area contributed by atoms with Crippen molar-refractivity contribution in [2.24, 2.45) is 0 Å². The third-order valence-electron chi connectivity index (χ3n) is 3.81. The molecular weight excluding hydrogens is 252 g/mol. The molecule has 0 radical (unpaired) electrons. The summed E-state index contributed by atoms with van der Waals surface area (Å²) in [6.45, 7) is 0. The molecule has 0 amide bonds. The molecule has 1 nitrogen and oxygen atoms in total. The Bertz CT molecular complexity index is 585. The van der Waals surface area contributed by atoms with Crippen LogP contribution in [0.1, 0.15) is 29.6 Å². The summed E-state index contributed by atoms with van der Waals surface area (Å²) in [5.74, 6) is 4.12. The quantitative estimate of drug-likeness (QED) is 0.610. The third-order valence-corrected chi connectivity index (χ3v) is 6.32. The van der Waals surface area contributed by atoms with Gasteiger partial charge in [-0.3, -0.25) is 4.79 Å². The molecule has 98 valence electrons. The average molecular weight is 271 g/mol. The van der Waals surface area contributed by atoms with Crippen molar-refractivity contribution in [2.45, 2.75) is 19.3 Å². The Morgan fingerprint density at radius 3 is 2.53 bits per heavy atom. The molecule has 0 aliphatic carbocycles. The van der Waals surface area contributed by atoms with Crippen LogP contribution in [-0.2, 0) is 10.9 Å². The second-order valence-electron chi connectivity index (χ2n) is 5.17. The van der Waals surface area contributed by atoms with Gasteiger partial charge in [-0.15, -0.1) is 0 Å². The van der Waals surface area contributed by atoms with Crippen molar-refractivity contribution in [2.75, 3.05) is 17.3 Å². The highest BCUT2D eigenvalue weighted by atomic mass is 32.2. The van der Waals surface area contributed by atoms with Crippen LogP contribution < -0.4 is 0 Å². The molecule has 2 aromatic rings. The van der Waals surface area contributed by atoms with Gasteiger partial charge in [0.1, 0.15) is 17.3 Å². The fraction of sp³-hybridized carbons (Fsp3) is 0.353. The summed E-state index contributed by atoms with van der Waals surface area (Å²) in [6.07, 6.45) is 3.46. The minimum absolute atomic E-state index is 0.310. The minimum atomic E-state index is 0.310. The molecular formula is C17H19OS+. The van der Waals surface area contributed by atoms with E-state index in [0.717, 1.165) is 23.1 Å². The van der Waals surface area contributed by atoms with Gasteiger partial charge in [0.15, 0.2) is 5.78 Å². The van der Waals surface area contributed by atoms with E-state index in [4.69, 9.17) is 0 Å². The summed E-state index contributed by atoms with van der Waals surface area (Å²) in [5, 5.41) is 2.37. The van der Waals surface area contributed by atoms with Crippen LogP contribution in [0, 0.1) is 0 Å². The fourth-order valence-electron chi connectivity index (χ4n) is 2.66. The zero-order valence-electron chi connectivity index (χ0n) is 11.1. The molecule has 1 aliphatic heterocycles. The lowest BCUT2D eigenvalue weighted by Crippen LogP contribution is -2.13. The Kier molecular flexibility index (Phi) is 3.88. The zero-order valence-corrected chi connectivity index (χ0v) is 11.9. The van der Waals surface area contributed by atoms with E-state index >= 15 is 0 Å². The summed E-state index contributed by atoms with van der Waals surface area (Å²) in [5.41, 5.74) is 0.876. The smallest absolute Gasteiger partial charge is 0.167 e. The maximum Gasteiger partial charge on any atom is 0.167 e. The van der Waals surface area contributed by atoms with E-state index in [1.807, 2.05) is 24.3 Å². The lowest BCUT2D eigenvalue weighted by Gasteiger charge is -2.03. The van der Waals surface area contributed by atoms with Crippen molar-refractivity contribution < 1.29 is 4.79 Å². The van der Waals surface area contributed by atoms with Crippen LogP contribution in [0.2, 0.25) is 0 Å². The highest BCUT2D eigenvalue weighted by Crippen LogP contribution is 2.19. The van der Waals surface area contributed by atoms with Gasteiger partial charge in [0.25, 0.3) is 0 Å². The predicted octanol–water partition coefficient (Wildman–Crippen LogP) is 3.82. The van der Waals surface area contributed by atoms with Gasteiger partial charge >= 0.3 is 0 Å². The number of fused-ring (bicyclic) bond motifs is 1. The first-order valence-corrected chi connectivity index (χ1v) is 8.72. The molecule has 1 heterocycles. The highest BCUT2D eigenvalue weighted by molar-refractivity contribution is 7.97. The second kappa shape index (κ2) is 5.79. The standard InChI is InChI=1S/C17H19OS/c18-17(9-12-19-10-3-4-11-19)16-8-7-14-5-1-2-6-15(14)13-16/h1-2,5-8,13H,3-4,9-12H2/q+1. The highest BCUT2D eigenvalue weighted by Gasteiger charge is 2.24. The summed E-state index contributed by atoms with van der Waals surface area (Å²) < 4.78 is 0. The fourth-order valence-corrected chi connectivity index (χ4v) is 4.97. The molecule has 19 heavy (non-hydrogen) atoms. The van der Waals surface area contributed by atoms with Crippen molar-refractivity contribution in [3.05, 3.63) is 48.0 Å². The number of benzene rings is 2. The molecule has 0 bridgehead atoms. The molecule has 0 atom stereocenters. The molecule has 2 aromatic carbocycles. The van der Waals surface area contributed by atoms with E-state index < -0.39 is 0 Å². The van der Waals surface area contributed by atoms with Crippen LogP contribution in [0.4, 0.5) is 0 Å². The second-order valence-corrected chi connectivity index (χ2v) is 7.62. The van der Waals surface area contributed by atoms with E-state index in [1.165, 1.54) is 29.7 Å². The molecule has 0 spiro atoms. The van der Waals surface area contributed by atoms with Crippen LogP contribution in [0.5, 0.6) is 0 Å². The molecule has 0 N–H and O–H groups in total. The number of carbonyl (C=O) groups is 1. The Morgan fingerprint density at radius 1 is 1.00 bits per heavy atom. The topological polar surface area (TPSA) is 17.1 Å². The summed E-state index contributed by atoms with van der Waals surface area (Å²) >= 11 is 0. The molecule has 0 aromatic heterocycles. The lowest BCUT2D eigenvalue weighted by molar-refractivity contribution is 0.0989. The molecule has 1 fully saturated rings. The first-order valence-electron chi connectivity index (χ1n) is 6.99. The zero-order chi connectivity index (χ0) is 13.1. The SMILES string of the molecule is O=C(CC[S+]1CCCC1)c1ccc2ccccc2c1. The van der Waals surface area contributed by atoms with Gasteiger partial charge in [0, 0.05) is 5.56 Å². The van der Waals surface area contributed by atoms with Crippen molar-refractivity contribution in [1.29, 1.82) is 0 Å². The van der Waals surface area contributed by atoms with Crippen molar-refractivity contribution in [1.82, 2.24) is 0 Å². The molecule has 0 saturated carbocycles. The predicted molar refractivity (Wildman–Crippen MR) is 84.1 cm³/mol. The summed E-state index contributed by atoms with van der Waals surface area (Å²) in [4.78, 5) is 12.2. The van der Waals surface area contributed by atoms with Crippen LogP contribution in [0.3, 0.4) is 0 Å². The van der Waals surface area contributed by atoms with E-state index in [0.29, 0.717) is 16.7 Å². The molecule has 0 unspecified atom stereocenters. The Hall–Kier alpha value is -1.28. The van der Waals surface area contributed by atoms with Gasteiger partial charge in [-0.25, -0.2) is 0 Å². The first kappa shape index (κ1) is 12.7. The van der Waals surface area contributed by atoms with E-state index in [2.05, 4.69) is 18.2 Å². The number of hydrogen-bond acceptors (Lipinski definition) is 1. The van der Waals surface area contributed by atoms with Crippen molar-refractivity contribution in [3.8, 4) is 0 Å². The van der Waals surface area contributed by atoms with Gasteiger partial charge in [0.05, 0.1) is 6.42 Å². The Morgan fingerprint density at radius 2 is 1.74 bits per heavy atom. The summed E-state index contributed by atoms with van der Waals surface area (Å²) in [6, 6.07) is 14.3. The van der Waals surface area contributed by atoms with Crippen molar-refractivity contribution in [3.63, 3.8) is 0 Å². The van der Waals surface area contributed by atoms with E-state index in [9.17, 15) is 4.79 Å². The molecule has 3 rings (SSSR count). The third kappa shape index (κ3) is 3.01. The normalized spacial score (nSPS) is 16.0. The maximum atomic E-state index is 12.2. The van der Waals surface area contributed by atoms with Crippen LogP contribution in [0.25, 0.3) is 10.8 Å². The van der Waals surface area contributed by atoms with E-state index in [1.54, 1.807) is 0 Å². The van der Waals surface area contributed by atoms with Crippen LogP contribution in [-0.4, -0.2) is 23.0 Å². The molecule has 2 heteroatoms. The van der Waals surface area contributed by atoms with Crippen molar-refractivity contribution >= 4 is 27.5 Å². The van der Waals surface area contributed by atoms with Gasteiger partial charge in [-0.05, 0) is 40.6 Å². The Balaban J connectivity index is 1.70. The Labute approximate surface area is 117 Å². The molecule has 1 aliphatic rings. The number of carbonyl (C=O) groups excluding carboxylic acids is 1. The van der Waals surface area contributed by atoms with Gasteiger partial charge in [-0.2, -0.15) is 0 Å². The number of ketones is 1. The number of rotatable bonds is 4. The number of hydrogen-bond donors (Lipinski definition) is 0. The van der Waals surface area contributed by atoms with Crippen LogP contribution in [0.15, 0.2) is 42.5 Å². The number of Topliss-reactive ketones (excluding diaryl/α,β-unsaturated/α-hetero) is 1. The van der Waals surface area contributed by atoms with Gasteiger partial charge < -0.3 is 0 Å². The maximum absolute atomic E-state index is 12.2. The minimum Gasteiger partial charge on any atom is -0.294 e. The van der Waals surface area contributed by atoms with Gasteiger partial charge in [0.2, 0.25) is 0 Å². The monoisotopic (exact) mass is 271 g/mol. The van der Waals surface area contributed by atoms with Gasteiger partial charge in [-0.1, -0.05) is 36.4 Å². The molecule has 1 saturated heterocycles. The lowest BCUT2D eigenvalue weighted by atomic mass is 10.0. The van der Waals surface area contributed by atoms with E-state index in [-0.39, 0.29) is 0 Å². The largest absolute Gasteiger partial charge is 0.294 e. The van der Waals surface area contributed by atoms with Crippen LogP contribution >= 0.6 is 0 Å². The average Bonchev–Trinajstić information content (AvgIpc) is 2.97.